The van der Waals surface area contributed by atoms with Gasteiger partial charge < -0.3 is 10.1 Å². The first-order chi connectivity index (χ1) is 8.70. The maximum Gasteiger partial charge on any atom is 0.119 e. The first-order valence-corrected chi connectivity index (χ1v) is 6.18. The first-order valence-electron chi connectivity index (χ1n) is 6.18. The van der Waals surface area contributed by atoms with Crippen molar-refractivity contribution in [3.8, 4) is 5.75 Å². The fourth-order valence-corrected chi connectivity index (χ4v) is 1.86. The molecule has 0 amide bonds. The molecule has 0 unspecified atom stereocenters. The van der Waals surface area contributed by atoms with Gasteiger partial charge in [-0.25, -0.2) is 0 Å². The third-order valence-electron chi connectivity index (χ3n) is 2.92. The summed E-state index contributed by atoms with van der Waals surface area (Å²) in [6, 6.07) is 7.99. The molecular formula is C14H19N3O. The van der Waals surface area contributed by atoms with Crippen molar-refractivity contribution in [3.63, 3.8) is 0 Å². The number of hydrogen-bond donors (Lipinski definition) is 2. The highest BCUT2D eigenvalue weighted by Gasteiger charge is 2.05. The molecule has 18 heavy (non-hydrogen) atoms. The molecule has 0 radical (unpaired) electrons. The molecular weight excluding hydrogens is 226 g/mol. The molecule has 0 spiro atoms. The van der Waals surface area contributed by atoms with Gasteiger partial charge in [0.05, 0.1) is 12.3 Å². The summed E-state index contributed by atoms with van der Waals surface area (Å²) in [4.78, 5) is 0. The van der Waals surface area contributed by atoms with E-state index in [1.165, 1.54) is 5.56 Å². The van der Waals surface area contributed by atoms with Gasteiger partial charge >= 0.3 is 0 Å². The highest BCUT2D eigenvalue weighted by molar-refractivity contribution is 5.47. The van der Waals surface area contributed by atoms with Crippen LogP contribution in [0.1, 0.15) is 23.9 Å². The van der Waals surface area contributed by atoms with Crippen molar-refractivity contribution >= 4 is 5.69 Å². The van der Waals surface area contributed by atoms with E-state index in [9.17, 15) is 0 Å². The van der Waals surface area contributed by atoms with Gasteiger partial charge in [-0.3, -0.25) is 5.10 Å². The molecule has 0 bridgehead atoms. The van der Waals surface area contributed by atoms with Crippen molar-refractivity contribution < 1.29 is 4.74 Å². The third kappa shape index (κ3) is 2.83. The number of rotatable bonds is 5. The van der Waals surface area contributed by atoms with Crippen molar-refractivity contribution in [2.75, 3.05) is 11.9 Å². The molecule has 4 heteroatoms. The number of anilines is 1. The van der Waals surface area contributed by atoms with Crippen LogP contribution in [0.4, 0.5) is 5.69 Å². The third-order valence-corrected chi connectivity index (χ3v) is 2.92. The average molecular weight is 245 g/mol. The molecule has 2 rings (SSSR count). The molecule has 0 aliphatic carbocycles. The number of hydrogen-bond acceptors (Lipinski definition) is 3. The van der Waals surface area contributed by atoms with Gasteiger partial charge in [0.25, 0.3) is 0 Å². The quantitative estimate of drug-likeness (QED) is 0.851. The van der Waals surface area contributed by atoms with Crippen molar-refractivity contribution in [2.45, 2.75) is 27.3 Å². The summed E-state index contributed by atoms with van der Waals surface area (Å²) in [6.07, 6.45) is 0. The predicted octanol–water partition coefficient (Wildman–Crippen LogP) is 3.04. The summed E-state index contributed by atoms with van der Waals surface area (Å²) in [6.45, 7) is 7.51. The largest absolute Gasteiger partial charge is 0.494 e. The van der Waals surface area contributed by atoms with Crippen LogP contribution in [0.25, 0.3) is 0 Å². The van der Waals surface area contributed by atoms with Crippen molar-refractivity contribution in [1.82, 2.24) is 10.2 Å². The summed E-state index contributed by atoms with van der Waals surface area (Å²) in [5, 5.41) is 10.6. The van der Waals surface area contributed by atoms with Gasteiger partial charge in [0.2, 0.25) is 0 Å². The number of aromatic nitrogens is 2. The number of nitrogens with one attached hydrogen (secondary N) is 2. The summed E-state index contributed by atoms with van der Waals surface area (Å²) < 4.78 is 5.41. The van der Waals surface area contributed by atoms with Crippen molar-refractivity contribution in [2.24, 2.45) is 0 Å². The zero-order chi connectivity index (χ0) is 13.0. The van der Waals surface area contributed by atoms with E-state index in [0.29, 0.717) is 6.61 Å². The molecule has 0 fully saturated rings. The highest BCUT2D eigenvalue weighted by Crippen LogP contribution is 2.17. The smallest absolute Gasteiger partial charge is 0.119 e. The minimum atomic E-state index is 0.695. The van der Waals surface area contributed by atoms with E-state index in [1.54, 1.807) is 0 Å². The van der Waals surface area contributed by atoms with Gasteiger partial charge in [-0.2, -0.15) is 5.10 Å². The van der Waals surface area contributed by atoms with Gasteiger partial charge in [0.1, 0.15) is 5.75 Å². The van der Waals surface area contributed by atoms with Gasteiger partial charge in [0.15, 0.2) is 0 Å². The molecule has 0 saturated heterocycles. The molecule has 0 atom stereocenters. The van der Waals surface area contributed by atoms with E-state index >= 15 is 0 Å². The molecule has 96 valence electrons. The Kier molecular flexibility index (Phi) is 3.87. The second-order valence-corrected chi connectivity index (χ2v) is 4.22. The average Bonchev–Trinajstić information content (AvgIpc) is 2.69. The van der Waals surface area contributed by atoms with Crippen LogP contribution in [0.2, 0.25) is 0 Å². The SMILES string of the molecule is CCOc1ccc(NCc2c(C)n[nH]c2C)cc1. The minimum Gasteiger partial charge on any atom is -0.494 e. The summed E-state index contributed by atoms with van der Waals surface area (Å²) >= 11 is 0. The van der Waals surface area contributed by atoms with Crippen LogP contribution in [0, 0.1) is 13.8 Å². The van der Waals surface area contributed by atoms with E-state index in [2.05, 4.69) is 15.5 Å². The Morgan fingerprint density at radius 3 is 2.50 bits per heavy atom. The number of aromatic amines is 1. The van der Waals surface area contributed by atoms with Gasteiger partial charge in [-0.1, -0.05) is 0 Å². The zero-order valence-electron chi connectivity index (χ0n) is 11.1. The number of aryl methyl sites for hydroxylation is 2. The van der Waals surface area contributed by atoms with Gasteiger partial charge in [-0.15, -0.1) is 0 Å². The Morgan fingerprint density at radius 1 is 1.22 bits per heavy atom. The lowest BCUT2D eigenvalue weighted by Crippen LogP contribution is -2.01. The summed E-state index contributed by atoms with van der Waals surface area (Å²) in [5.41, 5.74) is 4.47. The van der Waals surface area contributed by atoms with Crippen LogP contribution in [0.5, 0.6) is 5.75 Å². The predicted molar refractivity (Wildman–Crippen MR) is 73.0 cm³/mol. The maximum atomic E-state index is 5.41. The van der Waals surface area contributed by atoms with Crippen LogP contribution in [-0.4, -0.2) is 16.8 Å². The van der Waals surface area contributed by atoms with Crippen molar-refractivity contribution in [1.29, 1.82) is 0 Å². The molecule has 0 aliphatic rings. The van der Waals surface area contributed by atoms with Crippen LogP contribution in [0.15, 0.2) is 24.3 Å². The Labute approximate surface area is 107 Å². The molecule has 1 aromatic heterocycles. The molecule has 2 N–H and O–H groups in total. The van der Waals surface area contributed by atoms with Crippen LogP contribution < -0.4 is 10.1 Å². The van der Waals surface area contributed by atoms with Gasteiger partial charge in [0, 0.05) is 23.5 Å². The molecule has 0 aliphatic heterocycles. The number of H-pyrrole nitrogens is 1. The molecule has 0 saturated carbocycles. The molecule has 1 aromatic carbocycles. The fraction of sp³-hybridized carbons (Fsp3) is 0.357. The lowest BCUT2D eigenvalue weighted by atomic mass is 10.2. The normalized spacial score (nSPS) is 10.4. The lowest BCUT2D eigenvalue weighted by Gasteiger charge is -2.08. The summed E-state index contributed by atoms with van der Waals surface area (Å²) in [5.74, 6) is 0.902. The van der Waals surface area contributed by atoms with Crippen LogP contribution in [-0.2, 0) is 6.54 Å². The Morgan fingerprint density at radius 2 is 1.94 bits per heavy atom. The maximum absolute atomic E-state index is 5.41. The monoisotopic (exact) mass is 245 g/mol. The molecule has 1 heterocycles. The lowest BCUT2D eigenvalue weighted by molar-refractivity contribution is 0.340. The first kappa shape index (κ1) is 12.5. The summed E-state index contributed by atoms with van der Waals surface area (Å²) in [7, 11) is 0. The standard InChI is InChI=1S/C14H19N3O/c1-4-18-13-7-5-12(6-8-13)15-9-14-10(2)16-17-11(14)3/h5-8,15H,4,9H2,1-3H3,(H,16,17). The minimum absolute atomic E-state index is 0.695. The van der Waals surface area contributed by atoms with E-state index in [0.717, 1.165) is 29.4 Å². The highest BCUT2D eigenvalue weighted by atomic mass is 16.5. The zero-order valence-corrected chi connectivity index (χ0v) is 11.1. The second-order valence-electron chi connectivity index (χ2n) is 4.22. The van der Waals surface area contributed by atoms with E-state index in [1.807, 2.05) is 45.0 Å². The van der Waals surface area contributed by atoms with E-state index in [-0.39, 0.29) is 0 Å². The molecule has 4 nitrogen and oxygen atoms in total. The van der Waals surface area contributed by atoms with E-state index in [4.69, 9.17) is 4.74 Å². The van der Waals surface area contributed by atoms with Crippen LogP contribution >= 0.6 is 0 Å². The molecule has 2 aromatic rings. The van der Waals surface area contributed by atoms with E-state index < -0.39 is 0 Å². The topological polar surface area (TPSA) is 49.9 Å². The Balaban J connectivity index is 1.98. The van der Waals surface area contributed by atoms with Crippen LogP contribution in [0.3, 0.4) is 0 Å². The number of ether oxygens (including phenoxy) is 1. The number of nitrogens with zero attached hydrogens (tertiary/aromatic N) is 1. The Bertz CT molecular complexity index is 483. The second kappa shape index (κ2) is 5.58. The Hall–Kier alpha value is -1.97. The fourth-order valence-electron chi connectivity index (χ4n) is 1.86. The van der Waals surface area contributed by atoms with Crippen molar-refractivity contribution in [3.05, 3.63) is 41.2 Å². The number of benzene rings is 1. The van der Waals surface area contributed by atoms with Gasteiger partial charge in [-0.05, 0) is 45.0 Å².